The lowest BCUT2D eigenvalue weighted by molar-refractivity contribution is 0.202. The van der Waals surface area contributed by atoms with Crippen LogP contribution < -0.4 is 5.32 Å². The molecule has 1 unspecified atom stereocenters. The molecule has 0 aromatic carbocycles. The average molecular weight is 226 g/mol. The summed E-state index contributed by atoms with van der Waals surface area (Å²) in [5, 5.41) is 3.71. The van der Waals surface area contributed by atoms with Crippen LogP contribution in [-0.2, 0) is 0 Å². The van der Waals surface area contributed by atoms with E-state index in [-0.39, 0.29) is 0 Å². The third-order valence-electron chi connectivity index (χ3n) is 3.57. The Labute approximate surface area is 102 Å². The van der Waals surface area contributed by atoms with E-state index in [0.29, 0.717) is 6.04 Å². The second-order valence-electron chi connectivity index (χ2n) is 5.60. The normalized spacial score (nSPS) is 20.2. The van der Waals surface area contributed by atoms with Gasteiger partial charge in [0.05, 0.1) is 0 Å². The Hall–Kier alpha value is -0.0800. The van der Waals surface area contributed by atoms with E-state index in [9.17, 15) is 0 Å². The molecule has 0 bridgehead atoms. The Morgan fingerprint density at radius 2 is 1.81 bits per heavy atom. The maximum absolute atomic E-state index is 3.71. The molecule has 16 heavy (non-hydrogen) atoms. The molecule has 96 valence electrons. The van der Waals surface area contributed by atoms with Crippen LogP contribution in [0.15, 0.2) is 0 Å². The van der Waals surface area contributed by atoms with Crippen molar-refractivity contribution in [2.24, 2.45) is 5.92 Å². The van der Waals surface area contributed by atoms with E-state index in [1.165, 1.54) is 58.3 Å². The molecule has 1 N–H and O–H groups in total. The zero-order valence-corrected chi connectivity index (χ0v) is 11.5. The fraction of sp³-hybridized carbons (Fsp3) is 1.00. The third kappa shape index (κ3) is 5.86. The van der Waals surface area contributed by atoms with Crippen molar-refractivity contribution in [1.29, 1.82) is 0 Å². The van der Waals surface area contributed by atoms with Gasteiger partial charge in [0.25, 0.3) is 0 Å². The summed E-state index contributed by atoms with van der Waals surface area (Å²) in [5.74, 6) is 0.819. The summed E-state index contributed by atoms with van der Waals surface area (Å²) in [5.41, 5.74) is 0. The topological polar surface area (TPSA) is 15.3 Å². The van der Waals surface area contributed by atoms with Gasteiger partial charge in [-0.05, 0) is 51.2 Å². The van der Waals surface area contributed by atoms with Gasteiger partial charge in [0.1, 0.15) is 0 Å². The van der Waals surface area contributed by atoms with Gasteiger partial charge < -0.3 is 10.2 Å². The van der Waals surface area contributed by atoms with Crippen LogP contribution in [0.2, 0.25) is 0 Å². The number of nitrogens with one attached hydrogen (secondary N) is 1. The SMILES string of the molecule is CCC(CN1CCCCC1)NCCC(C)C. The first kappa shape index (κ1) is 14.0. The molecule has 1 atom stereocenters. The van der Waals surface area contributed by atoms with E-state index in [4.69, 9.17) is 0 Å². The van der Waals surface area contributed by atoms with E-state index < -0.39 is 0 Å². The van der Waals surface area contributed by atoms with Crippen LogP contribution in [0.3, 0.4) is 0 Å². The zero-order valence-electron chi connectivity index (χ0n) is 11.5. The highest BCUT2D eigenvalue weighted by atomic mass is 15.1. The highest BCUT2D eigenvalue weighted by molar-refractivity contribution is 4.73. The van der Waals surface area contributed by atoms with Gasteiger partial charge in [-0.1, -0.05) is 27.2 Å². The summed E-state index contributed by atoms with van der Waals surface area (Å²) in [6, 6.07) is 0.705. The number of hydrogen-bond donors (Lipinski definition) is 1. The standard InChI is InChI=1S/C14H30N2/c1-4-14(15-9-8-13(2)3)12-16-10-6-5-7-11-16/h13-15H,4-12H2,1-3H3. The molecule has 1 saturated heterocycles. The molecule has 2 heteroatoms. The minimum Gasteiger partial charge on any atom is -0.313 e. The van der Waals surface area contributed by atoms with E-state index in [1.54, 1.807) is 0 Å². The molecule has 0 spiro atoms. The summed E-state index contributed by atoms with van der Waals surface area (Å²) in [4.78, 5) is 2.64. The van der Waals surface area contributed by atoms with Crippen LogP contribution in [0.5, 0.6) is 0 Å². The highest BCUT2D eigenvalue weighted by Crippen LogP contribution is 2.09. The number of rotatable bonds is 7. The van der Waals surface area contributed by atoms with Crippen LogP contribution in [0.25, 0.3) is 0 Å². The van der Waals surface area contributed by atoms with Crippen molar-refractivity contribution in [3.8, 4) is 0 Å². The van der Waals surface area contributed by atoms with Gasteiger partial charge in [-0.2, -0.15) is 0 Å². The van der Waals surface area contributed by atoms with E-state index in [1.807, 2.05) is 0 Å². The second-order valence-corrected chi connectivity index (χ2v) is 5.60. The lowest BCUT2D eigenvalue weighted by Crippen LogP contribution is -2.43. The molecule has 0 aromatic heterocycles. The second kappa shape index (κ2) is 8.08. The van der Waals surface area contributed by atoms with Crippen LogP contribution >= 0.6 is 0 Å². The van der Waals surface area contributed by atoms with Crippen molar-refractivity contribution in [2.75, 3.05) is 26.2 Å². The molecule has 1 aliphatic rings. The summed E-state index contributed by atoms with van der Waals surface area (Å²) >= 11 is 0. The zero-order chi connectivity index (χ0) is 11.8. The molecule has 2 nitrogen and oxygen atoms in total. The quantitative estimate of drug-likeness (QED) is 0.718. The molecule has 0 aromatic rings. The van der Waals surface area contributed by atoms with Gasteiger partial charge in [-0.25, -0.2) is 0 Å². The maximum atomic E-state index is 3.71. The van der Waals surface area contributed by atoms with Crippen LogP contribution in [0, 0.1) is 5.92 Å². The first-order valence-electron chi connectivity index (χ1n) is 7.18. The van der Waals surface area contributed by atoms with E-state index in [0.717, 1.165) is 5.92 Å². The Morgan fingerprint density at radius 1 is 1.12 bits per heavy atom. The number of likely N-dealkylation sites (tertiary alicyclic amines) is 1. The van der Waals surface area contributed by atoms with Gasteiger partial charge in [-0.15, -0.1) is 0 Å². The fourth-order valence-corrected chi connectivity index (χ4v) is 2.37. The largest absolute Gasteiger partial charge is 0.313 e. The molecule has 1 rings (SSSR count). The van der Waals surface area contributed by atoms with Crippen LogP contribution in [0.4, 0.5) is 0 Å². The van der Waals surface area contributed by atoms with Crippen molar-refractivity contribution >= 4 is 0 Å². The average Bonchev–Trinajstić information content (AvgIpc) is 2.28. The minimum absolute atomic E-state index is 0.705. The molecule has 0 amide bonds. The molecular formula is C14H30N2. The van der Waals surface area contributed by atoms with Gasteiger partial charge in [0.2, 0.25) is 0 Å². The summed E-state index contributed by atoms with van der Waals surface area (Å²) in [6.45, 7) is 12.0. The number of hydrogen-bond acceptors (Lipinski definition) is 2. The maximum Gasteiger partial charge on any atom is 0.0192 e. The first-order chi connectivity index (χ1) is 7.72. The molecule has 0 aliphatic carbocycles. The predicted molar refractivity (Wildman–Crippen MR) is 71.8 cm³/mol. The number of piperidine rings is 1. The molecule has 0 saturated carbocycles. The number of nitrogens with zero attached hydrogens (tertiary/aromatic N) is 1. The lowest BCUT2D eigenvalue weighted by Gasteiger charge is -2.30. The van der Waals surface area contributed by atoms with Crippen molar-refractivity contribution < 1.29 is 0 Å². The predicted octanol–water partition coefficient (Wildman–Crippen LogP) is 2.89. The van der Waals surface area contributed by atoms with Crippen molar-refractivity contribution in [3.63, 3.8) is 0 Å². The van der Waals surface area contributed by atoms with E-state index >= 15 is 0 Å². The van der Waals surface area contributed by atoms with Gasteiger partial charge in [0, 0.05) is 12.6 Å². The molecule has 1 fully saturated rings. The summed E-state index contributed by atoms with van der Waals surface area (Å²) in [6.07, 6.45) is 6.81. The third-order valence-corrected chi connectivity index (χ3v) is 3.57. The van der Waals surface area contributed by atoms with Gasteiger partial charge in [-0.3, -0.25) is 0 Å². The molecule has 0 radical (unpaired) electrons. The lowest BCUT2D eigenvalue weighted by atomic mass is 10.1. The Morgan fingerprint density at radius 3 is 2.38 bits per heavy atom. The highest BCUT2D eigenvalue weighted by Gasteiger charge is 2.14. The summed E-state index contributed by atoms with van der Waals surface area (Å²) in [7, 11) is 0. The van der Waals surface area contributed by atoms with Crippen LogP contribution in [-0.4, -0.2) is 37.1 Å². The Bertz CT molecular complexity index is 162. The Balaban J connectivity index is 2.14. The fourth-order valence-electron chi connectivity index (χ4n) is 2.37. The van der Waals surface area contributed by atoms with Crippen molar-refractivity contribution in [1.82, 2.24) is 10.2 Å². The molecular weight excluding hydrogens is 196 g/mol. The molecule has 1 aliphatic heterocycles. The van der Waals surface area contributed by atoms with Crippen LogP contribution in [0.1, 0.15) is 52.9 Å². The summed E-state index contributed by atoms with van der Waals surface area (Å²) < 4.78 is 0. The van der Waals surface area contributed by atoms with E-state index in [2.05, 4.69) is 31.0 Å². The first-order valence-corrected chi connectivity index (χ1v) is 7.18. The molecule has 1 heterocycles. The van der Waals surface area contributed by atoms with Crippen molar-refractivity contribution in [2.45, 2.75) is 58.9 Å². The monoisotopic (exact) mass is 226 g/mol. The minimum atomic E-state index is 0.705. The Kier molecular flexibility index (Phi) is 7.06. The smallest absolute Gasteiger partial charge is 0.0192 e. The van der Waals surface area contributed by atoms with Gasteiger partial charge in [0.15, 0.2) is 0 Å². The van der Waals surface area contributed by atoms with Crippen molar-refractivity contribution in [3.05, 3.63) is 0 Å². The van der Waals surface area contributed by atoms with Gasteiger partial charge >= 0.3 is 0 Å².